The van der Waals surface area contributed by atoms with E-state index in [0.29, 0.717) is 28.3 Å². The first kappa shape index (κ1) is 17.5. The van der Waals surface area contributed by atoms with E-state index in [1.54, 1.807) is 25.3 Å². The van der Waals surface area contributed by atoms with E-state index in [1.807, 2.05) is 30.3 Å². The summed E-state index contributed by atoms with van der Waals surface area (Å²) in [6.07, 6.45) is 3.05. The second-order valence-corrected chi connectivity index (χ2v) is 6.22. The molecule has 0 aliphatic carbocycles. The number of amides is 1. The van der Waals surface area contributed by atoms with E-state index >= 15 is 0 Å². The molecule has 4 rings (SSSR count). The highest BCUT2D eigenvalue weighted by Gasteiger charge is 2.24. The number of furan rings is 1. The minimum absolute atomic E-state index is 0.261. The lowest BCUT2D eigenvalue weighted by Gasteiger charge is -2.01. The van der Waals surface area contributed by atoms with Gasteiger partial charge in [0.25, 0.3) is 5.91 Å². The summed E-state index contributed by atoms with van der Waals surface area (Å²) in [5.74, 6) is 0.470. The number of ketones is 1. The van der Waals surface area contributed by atoms with Gasteiger partial charge in [0.15, 0.2) is 5.78 Å². The maximum atomic E-state index is 13.0. The summed E-state index contributed by atoms with van der Waals surface area (Å²) in [7, 11) is 0. The Hall–Kier alpha value is -3.87. The van der Waals surface area contributed by atoms with Gasteiger partial charge in [-0.15, -0.1) is 0 Å². The van der Waals surface area contributed by atoms with Crippen LogP contribution in [-0.2, 0) is 6.54 Å². The first-order chi connectivity index (χ1) is 13.6. The predicted octanol–water partition coefficient (Wildman–Crippen LogP) is 3.73. The van der Waals surface area contributed by atoms with Crippen LogP contribution < -0.4 is 5.32 Å². The van der Waals surface area contributed by atoms with Crippen molar-refractivity contribution >= 4 is 11.7 Å². The van der Waals surface area contributed by atoms with Crippen molar-refractivity contribution in [2.45, 2.75) is 13.5 Å². The van der Waals surface area contributed by atoms with Gasteiger partial charge < -0.3 is 19.2 Å². The lowest BCUT2D eigenvalue weighted by Crippen LogP contribution is -2.22. The number of hydrogen-bond acceptors (Lipinski definition) is 5. The molecule has 0 saturated carbocycles. The van der Waals surface area contributed by atoms with Gasteiger partial charge in [-0.2, -0.15) is 0 Å². The third-order valence-corrected chi connectivity index (χ3v) is 4.33. The molecule has 0 atom stereocenters. The number of nitrogens with zero attached hydrogens (tertiary/aromatic N) is 1. The van der Waals surface area contributed by atoms with Crippen molar-refractivity contribution in [3.05, 3.63) is 89.3 Å². The SMILES string of the molecule is Cc1onc(-c2ccccc2)c1C(=O)c1c[nH]c(C(=O)NCc2ccco2)c1. The number of hydrogen-bond donors (Lipinski definition) is 2. The summed E-state index contributed by atoms with van der Waals surface area (Å²) in [5, 5.41) is 6.77. The normalized spacial score (nSPS) is 10.8. The number of nitrogens with one attached hydrogen (secondary N) is 2. The van der Waals surface area contributed by atoms with Gasteiger partial charge >= 0.3 is 0 Å². The van der Waals surface area contributed by atoms with E-state index in [-0.39, 0.29) is 23.9 Å². The number of aryl methyl sites for hydroxylation is 1. The first-order valence-electron chi connectivity index (χ1n) is 8.69. The van der Waals surface area contributed by atoms with E-state index in [4.69, 9.17) is 8.94 Å². The minimum atomic E-state index is -0.333. The molecule has 4 aromatic rings. The van der Waals surface area contributed by atoms with Gasteiger partial charge in [-0.25, -0.2) is 0 Å². The fourth-order valence-electron chi connectivity index (χ4n) is 2.91. The maximum absolute atomic E-state index is 13.0. The molecule has 7 nitrogen and oxygen atoms in total. The summed E-state index contributed by atoms with van der Waals surface area (Å²) in [6, 6.07) is 14.4. The van der Waals surface area contributed by atoms with Gasteiger partial charge in [-0.3, -0.25) is 9.59 Å². The van der Waals surface area contributed by atoms with Gasteiger partial charge in [0.2, 0.25) is 0 Å². The quantitative estimate of drug-likeness (QED) is 0.500. The van der Waals surface area contributed by atoms with E-state index in [1.165, 1.54) is 12.3 Å². The molecular formula is C21H17N3O4. The van der Waals surface area contributed by atoms with Crippen LogP contribution in [0.15, 0.2) is 69.9 Å². The van der Waals surface area contributed by atoms with Crippen molar-refractivity contribution in [3.63, 3.8) is 0 Å². The summed E-state index contributed by atoms with van der Waals surface area (Å²) < 4.78 is 10.4. The molecule has 3 heterocycles. The number of aromatic nitrogens is 2. The third-order valence-electron chi connectivity index (χ3n) is 4.33. The van der Waals surface area contributed by atoms with Crippen LogP contribution in [0.25, 0.3) is 11.3 Å². The molecule has 28 heavy (non-hydrogen) atoms. The van der Waals surface area contributed by atoms with Crippen LogP contribution in [0.3, 0.4) is 0 Å². The van der Waals surface area contributed by atoms with Crippen molar-refractivity contribution < 1.29 is 18.5 Å². The van der Waals surface area contributed by atoms with Gasteiger partial charge in [0, 0.05) is 17.3 Å². The minimum Gasteiger partial charge on any atom is -0.467 e. The summed E-state index contributed by atoms with van der Waals surface area (Å²) in [6.45, 7) is 1.95. The molecule has 0 saturated heterocycles. The molecule has 1 amide bonds. The standard InChI is InChI=1S/C21H17N3O4/c1-13-18(19(24-28-13)14-6-3-2-4-7-14)20(25)15-10-17(22-11-15)21(26)23-12-16-8-5-9-27-16/h2-11,22H,12H2,1H3,(H,23,26). The van der Waals surface area contributed by atoms with Crippen LogP contribution in [0.1, 0.15) is 37.9 Å². The molecular weight excluding hydrogens is 358 g/mol. The highest BCUT2D eigenvalue weighted by atomic mass is 16.5. The number of benzene rings is 1. The van der Waals surface area contributed by atoms with Crippen LogP contribution in [-0.4, -0.2) is 21.8 Å². The number of carbonyl (C=O) groups excluding carboxylic acids is 2. The molecule has 0 fully saturated rings. The van der Waals surface area contributed by atoms with Gasteiger partial charge in [0.1, 0.15) is 22.9 Å². The van der Waals surface area contributed by atoms with E-state index < -0.39 is 0 Å². The highest BCUT2D eigenvalue weighted by Crippen LogP contribution is 2.27. The van der Waals surface area contributed by atoms with E-state index in [2.05, 4.69) is 15.5 Å². The summed E-state index contributed by atoms with van der Waals surface area (Å²) in [4.78, 5) is 28.2. The van der Waals surface area contributed by atoms with Gasteiger partial charge in [-0.1, -0.05) is 35.5 Å². The molecule has 0 spiro atoms. The molecule has 7 heteroatoms. The van der Waals surface area contributed by atoms with Crippen molar-refractivity contribution in [3.8, 4) is 11.3 Å². The Bertz CT molecular complexity index is 1110. The van der Waals surface area contributed by atoms with Gasteiger partial charge in [-0.05, 0) is 25.1 Å². The molecule has 0 aliphatic heterocycles. The third kappa shape index (κ3) is 3.37. The summed E-state index contributed by atoms with van der Waals surface area (Å²) in [5.41, 5.74) is 2.28. The van der Waals surface area contributed by atoms with E-state index in [9.17, 15) is 9.59 Å². The zero-order valence-electron chi connectivity index (χ0n) is 15.1. The topological polar surface area (TPSA) is 101 Å². The fourth-order valence-corrected chi connectivity index (χ4v) is 2.91. The zero-order chi connectivity index (χ0) is 19.5. The average molecular weight is 375 g/mol. The lowest BCUT2D eigenvalue weighted by atomic mass is 9.99. The lowest BCUT2D eigenvalue weighted by molar-refractivity contribution is 0.0943. The molecule has 0 radical (unpaired) electrons. The second-order valence-electron chi connectivity index (χ2n) is 6.22. The van der Waals surface area contributed by atoms with Crippen LogP contribution in [0.4, 0.5) is 0 Å². The molecule has 3 aromatic heterocycles. The van der Waals surface area contributed by atoms with Crippen molar-refractivity contribution in [2.75, 3.05) is 0 Å². The average Bonchev–Trinajstić information content (AvgIpc) is 3.47. The Kier molecular flexibility index (Phi) is 4.63. The number of aromatic amines is 1. The predicted molar refractivity (Wildman–Crippen MR) is 101 cm³/mol. The zero-order valence-corrected chi connectivity index (χ0v) is 15.1. The molecule has 2 N–H and O–H groups in total. The fraction of sp³-hybridized carbons (Fsp3) is 0.0952. The largest absolute Gasteiger partial charge is 0.467 e. The molecule has 1 aromatic carbocycles. The van der Waals surface area contributed by atoms with Crippen LogP contribution in [0.5, 0.6) is 0 Å². The number of H-pyrrole nitrogens is 1. The van der Waals surface area contributed by atoms with Crippen molar-refractivity contribution in [2.24, 2.45) is 0 Å². The van der Waals surface area contributed by atoms with Crippen molar-refractivity contribution in [1.29, 1.82) is 0 Å². The Morgan fingerprint density at radius 3 is 2.71 bits per heavy atom. The van der Waals surface area contributed by atoms with Crippen LogP contribution in [0.2, 0.25) is 0 Å². The first-order valence-corrected chi connectivity index (χ1v) is 8.69. The molecule has 0 aliphatic rings. The van der Waals surface area contributed by atoms with Crippen molar-refractivity contribution in [1.82, 2.24) is 15.5 Å². The Morgan fingerprint density at radius 1 is 1.14 bits per heavy atom. The molecule has 140 valence electrons. The van der Waals surface area contributed by atoms with Crippen LogP contribution in [0, 0.1) is 6.92 Å². The van der Waals surface area contributed by atoms with Gasteiger partial charge in [0.05, 0.1) is 18.4 Å². The van der Waals surface area contributed by atoms with E-state index in [0.717, 1.165) is 5.56 Å². The highest BCUT2D eigenvalue weighted by molar-refractivity contribution is 6.13. The molecule has 0 unspecified atom stereocenters. The monoisotopic (exact) mass is 375 g/mol. The maximum Gasteiger partial charge on any atom is 0.268 e. The Labute approximate surface area is 160 Å². The number of rotatable bonds is 6. The number of carbonyl (C=O) groups is 2. The molecule has 0 bridgehead atoms. The summed E-state index contributed by atoms with van der Waals surface area (Å²) >= 11 is 0. The Balaban J connectivity index is 1.55. The second kappa shape index (κ2) is 7.40. The smallest absolute Gasteiger partial charge is 0.268 e. The Morgan fingerprint density at radius 2 is 1.96 bits per heavy atom. The van der Waals surface area contributed by atoms with Crippen LogP contribution >= 0.6 is 0 Å².